The third-order valence-electron chi connectivity index (χ3n) is 3.32. The summed E-state index contributed by atoms with van der Waals surface area (Å²) >= 11 is 12.7. The molecule has 2 amide bonds. The summed E-state index contributed by atoms with van der Waals surface area (Å²) < 4.78 is 3.17. The molecule has 2 aromatic rings. The van der Waals surface area contributed by atoms with Crippen molar-refractivity contribution in [2.45, 2.75) is 0 Å². The van der Waals surface area contributed by atoms with Crippen LogP contribution >= 0.6 is 99.6 Å². The molecule has 0 atom stereocenters. The van der Waals surface area contributed by atoms with Gasteiger partial charge >= 0.3 is 5.97 Å². The Morgan fingerprint density at radius 1 is 0.880 bits per heavy atom. The van der Waals surface area contributed by atoms with E-state index in [4.69, 9.17) is 4.84 Å². The number of hydrogen-bond acceptors (Lipinski definition) is 4. The molecule has 0 aliphatic carbocycles. The number of imide groups is 1. The molecule has 3 rings (SSSR count). The van der Waals surface area contributed by atoms with Gasteiger partial charge in [-0.3, -0.25) is 9.59 Å². The molecule has 0 unspecified atom stereocenters. The number of benzene rings is 2. The molecule has 5 nitrogen and oxygen atoms in total. The maximum atomic E-state index is 12.6. The summed E-state index contributed by atoms with van der Waals surface area (Å²) in [6.45, 7) is 0. The molecule has 1 aliphatic rings. The standard InChI is InChI=1S/C15H4Br2I3NO4/c16-5-1-2-6(17)10-9(5)13(22)21(14(10)23)25-15(24)11-7(18)3-4-8(19)12(11)20/h1-4H. The van der Waals surface area contributed by atoms with Crippen LogP contribution in [-0.4, -0.2) is 22.8 Å². The molecule has 0 aromatic heterocycles. The number of hydroxylamine groups is 2. The van der Waals surface area contributed by atoms with E-state index in [0.717, 1.165) is 3.57 Å². The Labute approximate surface area is 199 Å². The zero-order chi connectivity index (χ0) is 18.5. The number of carbonyl (C=O) groups is 3. The van der Waals surface area contributed by atoms with Crippen molar-refractivity contribution < 1.29 is 19.2 Å². The molecule has 0 N–H and O–H groups in total. The van der Waals surface area contributed by atoms with Gasteiger partial charge in [0.2, 0.25) is 0 Å². The highest BCUT2D eigenvalue weighted by Crippen LogP contribution is 2.35. The van der Waals surface area contributed by atoms with Gasteiger partial charge < -0.3 is 4.84 Å². The Morgan fingerprint density at radius 3 is 1.88 bits per heavy atom. The molecule has 0 radical (unpaired) electrons. The lowest BCUT2D eigenvalue weighted by molar-refractivity contribution is -0.0586. The molecule has 128 valence electrons. The van der Waals surface area contributed by atoms with E-state index in [9.17, 15) is 14.4 Å². The zero-order valence-electron chi connectivity index (χ0n) is 11.8. The van der Waals surface area contributed by atoms with Crippen molar-refractivity contribution in [3.05, 3.63) is 60.6 Å². The molecule has 1 heterocycles. The van der Waals surface area contributed by atoms with E-state index in [-0.39, 0.29) is 11.1 Å². The number of fused-ring (bicyclic) bond motifs is 1. The molecule has 0 saturated carbocycles. The van der Waals surface area contributed by atoms with E-state index in [1.165, 1.54) is 0 Å². The van der Waals surface area contributed by atoms with Crippen LogP contribution in [0.5, 0.6) is 0 Å². The quantitative estimate of drug-likeness (QED) is 0.232. The van der Waals surface area contributed by atoms with E-state index in [0.29, 0.717) is 26.7 Å². The zero-order valence-corrected chi connectivity index (χ0v) is 21.4. The van der Waals surface area contributed by atoms with Crippen molar-refractivity contribution in [2.75, 3.05) is 0 Å². The van der Waals surface area contributed by atoms with Crippen LogP contribution < -0.4 is 0 Å². The van der Waals surface area contributed by atoms with Gasteiger partial charge in [-0.15, -0.1) is 0 Å². The Kier molecular flexibility index (Phi) is 6.12. The van der Waals surface area contributed by atoms with Crippen LogP contribution in [0.3, 0.4) is 0 Å². The topological polar surface area (TPSA) is 63.7 Å². The third kappa shape index (κ3) is 3.52. The van der Waals surface area contributed by atoms with Crippen molar-refractivity contribution in [1.29, 1.82) is 0 Å². The van der Waals surface area contributed by atoms with Gasteiger partial charge in [0.1, 0.15) is 0 Å². The summed E-state index contributed by atoms with van der Waals surface area (Å²) in [6.07, 6.45) is 0. The predicted molar refractivity (Wildman–Crippen MR) is 122 cm³/mol. The van der Waals surface area contributed by atoms with Gasteiger partial charge in [-0.2, -0.15) is 0 Å². The Hall–Kier alpha value is 0.200. The molecular formula is C15H4Br2I3NO4. The smallest absolute Gasteiger partial charge is 0.324 e. The lowest BCUT2D eigenvalue weighted by Crippen LogP contribution is -2.33. The number of nitrogens with zero attached hydrogens (tertiary/aromatic N) is 1. The third-order valence-corrected chi connectivity index (χ3v) is 8.59. The van der Waals surface area contributed by atoms with Gasteiger partial charge in [0, 0.05) is 19.7 Å². The summed E-state index contributed by atoms with van der Waals surface area (Å²) in [5.41, 5.74) is 0.654. The minimum absolute atomic E-state index is 0.166. The van der Waals surface area contributed by atoms with Crippen molar-refractivity contribution in [1.82, 2.24) is 5.06 Å². The van der Waals surface area contributed by atoms with Crippen LogP contribution in [0.4, 0.5) is 0 Å². The first kappa shape index (κ1) is 19.9. The van der Waals surface area contributed by atoms with Crippen LogP contribution in [0.2, 0.25) is 0 Å². The maximum Gasteiger partial charge on any atom is 0.366 e. The highest BCUT2D eigenvalue weighted by atomic mass is 127. The van der Waals surface area contributed by atoms with Crippen LogP contribution in [0, 0.1) is 10.7 Å². The summed E-state index contributed by atoms with van der Waals surface area (Å²) in [6, 6.07) is 6.93. The highest BCUT2D eigenvalue weighted by molar-refractivity contribution is 14.1. The van der Waals surface area contributed by atoms with Crippen molar-refractivity contribution >= 4 is 117 Å². The second-order valence-corrected chi connectivity index (χ2v) is 9.89. The maximum absolute atomic E-state index is 12.6. The molecule has 10 heteroatoms. The van der Waals surface area contributed by atoms with Crippen LogP contribution in [0.25, 0.3) is 0 Å². The van der Waals surface area contributed by atoms with Crippen molar-refractivity contribution in [3.63, 3.8) is 0 Å². The molecule has 0 spiro atoms. The van der Waals surface area contributed by atoms with Crippen molar-refractivity contribution in [2.24, 2.45) is 0 Å². The predicted octanol–water partition coefficient (Wildman–Crippen LogP) is 5.39. The Balaban J connectivity index is 1.98. The molecule has 0 saturated heterocycles. The first-order chi connectivity index (χ1) is 11.7. The van der Waals surface area contributed by atoms with Gasteiger partial charge in [-0.05, 0) is 124 Å². The van der Waals surface area contributed by atoms with E-state index >= 15 is 0 Å². The minimum Gasteiger partial charge on any atom is -0.324 e. The molecule has 0 fully saturated rings. The number of rotatable bonds is 2. The summed E-state index contributed by atoms with van der Waals surface area (Å²) in [5.74, 6) is -2.12. The number of halogens is 5. The van der Waals surface area contributed by atoms with Crippen molar-refractivity contribution in [3.8, 4) is 0 Å². The number of carbonyl (C=O) groups excluding carboxylic acids is 3. The summed E-state index contributed by atoms with van der Waals surface area (Å²) in [7, 11) is 0. The molecule has 2 aromatic carbocycles. The molecular weight excluding hydrogens is 799 g/mol. The van der Waals surface area contributed by atoms with Gasteiger partial charge in [-0.1, -0.05) is 5.06 Å². The van der Waals surface area contributed by atoms with E-state index in [2.05, 4.69) is 54.5 Å². The van der Waals surface area contributed by atoms with Gasteiger partial charge in [0.05, 0.1) is 16.7 Å². The Morgan fingerprint density at radius 2 is 1.36 bits per heavy atom. The lowest BCUT2D eigenvalue weighted by Gasteiger charge is -2.14. The fourth-order valence-electron chi connectivity index (χ4n) is 2.19. The van der Waals surface area contributed by atoms with Crippen LogP contribution in [0.1, 0.15) is 31.1 Å². The lowest BCUT2D eigenvalue weighted by atomic mass is 10.1. The largest absolute Gasteiger partial charge is 0.366 e. The summed E-state index contributed by atoms with van der Waals surface area (Å²) in [5, 5.41) is 0.508. The van der Waals surface area contributed by atoms with Gasteiger partial charge in [0.25, 0.3) is 11.8 Å². The fraction of sp³-hybridized carbons (Fsp3) is 0. The van der Waals surface area contributed by atoms with Crippen LogP contribution in [0.15, 0.2) is 33.2 Å². The highest BCUT2D eigenvalue weighted by Gasteiger charge is 2.42. The molecule has 25 heavy (non-hydrogen) atoms. The minimum atomic E-state index is -0.755. The normalized spacial score (nSPS) is 13.2. The second-order valence-electron chi connectivity index (χ2n) is 4.78. The number of hydrogen-bond donors (Lipinski definition) is 0. The van der Waals surface area contributed by atoms with Gasteiger partial charge in [0.15, 0.2) is 0 Å². The second kappa shape index (κ2) is 7.67. The SMILES string of the molecule is O=C(ON1C(=O)c2c(Br)ccc(Br)c2C1=O)c1c(I)ccc(I)c1I. The fourth-order valence-corrected chi connectivity index (χ4v) is 5.52. The first-order valence-corrected chi connectivity index (χ1v) is 11.3. The summed E-state index contributed by atoms with van der Waals surface area (Å²) in [4.78, 5) is 42.9. The average Bonchev–Trinajstić information content (AvgIpc) is 2.81. The van der Waals surface area contributed by atoms with E-state index < -0.39 is 17.8 Å². The Bertz CT molecular complexity index is 923. The van der Waals surface area contributed by atoms with E-state index in [1.54, 1.807) is 18.2 Å². The van der Waals surface area contributed by atoms with Crippen LogP contribution in [-0.2, 0) is 4.84 Å². The van der Waals surface area contributed by atoms with E-state index in [1.807, 2.05) is 51.2 Å². The van der Waals surface area contributed by atoms with Gasteiger partial charge in [-0.25, -0.2) is 4.79 Å². The monoisotopic (exact) mass is 801 g/mol. The molecule has 1 aliphatic heterocycles. The molecule has 0 bridgehead atoms. The first-order valence-electron chi connectivity index (χ1n) is 6.46. The number of amides is 2. The average molecular weight is 803 g/mol.